The number of nitrogens with two attached hydrogens (primary N) is 1. The summed E-state index contributed by atoms with van der Waals surface area (Å²) in [6.45, 7) is 8.76. The van der Waals surface area contributed by atoms with Gasteiger partial charge in [0, 0.05) is 12.1 Å². The van der Waals surface area contributed by atoms with E-state index in [1.165, 1.54) is 22.3 Å². The molecule has 1 heterocycles. The smallest absolute Gasteiger partial charge is 0.126 e. The third-order valence-corrected chi connectivity index (χ3v) is 3.43. The van der Waals surface area contributed by atoms with Gasteiger partial charge in [0.1, 0.15) is 5.82 Å². The summed E-state index contributed by atoms with van der Waals surface area (Å²) in [5, 5.41) is 0. The molecule has 0 aliphatic carbocycles. The zero-order chi connectivity index (χ0) is 13.3. The number of hydrogen-bond acceptors (Lipinski definition) is 3. The molecule has 18 heavy (non-hydrogen) atoms. The fourth-order valence-electron chi connectivity index (χ4n) is 2.11. The Morgan fingerprint density at radius 1 is 1.00 bits per heavy atom. The average molecular weight is 241 g/mol. The summed E-state index contributed by atoms with van der Waals surface area (Å²) in [5.41, 5.74) is 12.6. The van der Waals surface area contributed by atoms with Gasteiger partial charge >= 0.3 is 0 Å². The van der Waals surface area contributed by atoms with Gasteiger partial charge in [-0.05, 0) is 50.5 Å². The van der Waals surface area contributed by atoms with Crippen molar-refractivity contribution in [3.05, 3.63) is 46.4 Å². The SMILES string of the molecule is Cc1nc(CN)cc(-c2ccc(C)c(C)c2C)n1. The molecule has 2 aromatic rings. The Balaban J connectivity index is 2.62. The van der Waals surface area contributed by atoms with E-state index in [0.29, 0.717) is 6.54 Å². The van der Waals surface area contributed by atoms with Gasteiger partial charge in [-0.3, -0.25) is 0 Å². The molecule has 0 unspecified atom stereocenters. The molecular weight excluding hydrogens is 222 g/mol. The molecule has 3 nitrogen and oxygen atoms in total. The number of aryl methyl sites for hydroxylation is 2. The molecular formula is C15H19N3. The van der Waals surface area contributed by atoms with Crippen LogP contribution in [0.3, 0.4) is 0 Å². The number of aromatic nitrogens is 2. The van der Waals surface area contributed by atoms with Gasteiger partial charge in [-0.25, -0.2) is 9.97 Å². The predicted octanol–water partition coefficient (Wildman–Crippen LogP) is 2.84. The standard InChI is InChI=1S/C15H19N3/c1-9-5-6-14(11(3)10(9)2)15-7-13(8-16)17-12(4)18-15/h5-7H,8,16H2,1-4H3. The molecule has 0 amide bonds. The summed E-state index contributed by atoms with van der Waals surface area (Å²) in [6.07, 6.45) is 0. The second-order valence-electron chi connectivity index (χ2n) is 4.68. The largest absolute Gasteiger partial charge is 0.325 e. The minimum absolute atomic E-state index is 0.445. The van der Waals surface area contributed by atoms with E-state index in [-0.39, 0.29) is 0 Å². The van der Waals surface area contributed by atoms with Crippen LogP contribution in [0.25, 0.3) is 11.3 Å². The van der Waals surface area contributed by atoms with Crippen LogP contribution in [-0.4, -0.2) is 9.97 Å². The van der Waals surface area contributed by atoms with Gasteiger partial charge in [-0.2, -0.15) is 0 Å². The molecule has 0 atom stereocenters. The van der Waals surface area contributed by atoms with Crippen LogP contribution in [0.5, 0.6) is 0 Å². The van der Waals surface area contributed by atoms with E-state index < -0.39 is 0 Å². The first kappa shape index (κ1) is 12.7. The molecule has 94 valence electrons. The van der Waals surface area contributed by atoms with E-state index in [1.54, 1.807) is 0 Å². The topological polar surface area (TPSA) is 51.8 Å². The van der Waals surface area contributed by atoms with Crippen molar-refractivity contribution in [3.8, 4) is 11.3 Å². The molecule has 0 aliphatic rings. The lowest BCUT2D eigenvalue weighted by Crippen LogP contribution is -2.04. The summed E-state index contributed by atoms with van der Waals surface area (Å²) in [7, 11) is 0. The summed E-state index contributed by atoms with van der Waals surface area (Å²) in [6, 6.07) is 6.24. The fourth-order valence-corrected chi connectivity index (χ4v) is 2.11. The van der Waals surface area contributed by atoms with Crippen molar-refractivity contribution in [2.24, 2.45) is 5.73 Å². The molecule has 0 fully saturated rings. The molecule has 0 aliphatic heterocycles. The van der Waals surface area contributed by atoms with Crippen LogP contribution in [0.4, 0.5) is 0 Å². The minimum atomic E-state index is 0.445. The van der Waals surface area contributed by atoms with E-state index >= 15 is 0 Å². The van der Waals surface area contributed by atoms with Gasteiger partial charge in [0.2, 0.25) is 0 Å². The lowest BCUT2D eigenvalue weighted by molar-refractivity contribution is 0.928. The number of hydrogen-bond donors (Lipinski definition) is 1. The number of nitrogens with zero attached hydrogens (tertiary/aromatic N) is 2. The summed E-state index contributed by atoms with van der Waals surface area (Å²) in [4.78, 5) is 8.83. The van der Waals surface area contributed by atoms with Gasteiger partial charge in [0.05, 0.1) is 11.4 Å². The van der Waals surface area contributed by atoms with Crippen LogP contribution in [0, 0.1) is 27.7 Å². The number of rotatable bonds is 2. The van der Waals surface area contributed by atoms with Gasteiger partial charge in [0.25, 0.3) is 0 Å². The Kier molecular flexibility index (Phi) is 3.43. The van der Waals surface area contributed by atoms with E-state index in [0.717, 1.165) is 17.2 Å². The number of benzene rings is 1. The summed E-state index contributed by atoms with van der Waals surface area (Å²) >= 11 is 0. The van der Waals surface area contributed by atoms with Crippen LogP contribution in [0.1, 0.15) is 28.2 Å². The Labute approximate surface area is 108 Å². The minimum Gasteiger partial charge on any atom is -0.325 e. The van der Waals surface area contributed by atoms with Gasteiger partial charge in [-0.1, -0.05) is 12.1 Å². The van der Waals surface area contributed by atoms with Crippen molar-refractivity contribution in [3.63, 3.8) is 0 Å². The maximum atomic E-state index is 5.67. The Morgan fingerprint density at radius 3 is 2.39 bits per heavy atom. The van der Waals surface area contributed by atoms with Gasteiger partial charge in [-0.15, -0.1) is 0 Å². The molecule has 0 saturated carbocycles. The first-order valence-corrected chi connectivity index (χ1v) is 6.14. The molecule has 0 radical (unpaired) electrons. The van der Waals surface area contributed by atoms with Crippen molar-refractivity contribution in [2.45, 2.75) is 34.2 Å². The molecule has 2 N–H and O–H groups in total. The molecule has 0 bridgehead atoms. The highest BCUT2D eigenvalue weighted by Gasteiger charge is 2.09. The Morgan fingerprint density at radius 2 is 1.72 bits per heavy atom. The highest BCUT2D eigenvalue weighted by molar-refractivity contribution is 5.66. The van der Waals surface area contributed by atoms with Crippen molar-refractivity contribution in [2.75, 3.05) is 0 Å². The zero-order valence-electron chi connectivity index (χ0n) is 11.4. The van der Waals surface area contributed by atoms with E-state index in [9.17, 15) is 0 Å². The molecule has 1 aromatic carbocycles. The predicted molar refractivity (Wildman–Crippen MR) is 74.3 cm³/mol. The van der Waals surface area contributed by atoms with Crippen molar-refractivity contribution < 1.29 is 0 Å². The molecule has 0 saturated heterocycles. The maximum Gasteiger partial charge on any atom is 0.126 e. The Bertz CT molecular complexity index is 589. The monoisotopic (exact) mass is 241 g/mol. The second-order valence-corrected chi connectivity index (χ2v) is 4.68. The van der Waals surface area contributed by atoms with Crippen LogP contribution < -0.4 is 5.73 Å². The van der Waals surface area contributed by atoms with Gasteiger partial charge < -0.3 is 5.73 Å². The van der Waals surface area contributed by atoms with Crippen LogP contribution in [-0.2, 0) is 6.54 Å². The molecule has 0 spiro atoms. The van der Waals surface area contributed by atoms with Crippen molar-refractivity contribution in [1.82, 2.24) is 9.97 Å². The lowest BCUT2D eigenvalue weighted by Gasteiger charge is -2.12. The third-order valence-electron chi connectivity index (χ3n) is 3.43. The average Bonchev–Trinajstić information content (AvgIpc) is 2.35. The van der Waals surface area contributed by atoms with Crippen LogP contribution in [0.2, 0.25) is 0 Å². The molecule has 2 rings (SSSR count). The lowest BCUT2D eigenvalue weighted by atomic mass is 9.96. The van der Waals surface area contributed by atoms with Gasteiger partial charge in [0.15, 0.2) is 0 Å². The van der Waals surface area contributed by atoms with E-state index in [1.807, 2.05) is 13.0 Å². The molecule has 1 aromatic heterocycles. The van der Waals surface area contributed by atoms with Crippen LogP contribution in [0.15, 0.2) is 18.2 Å². The van der Waals surface area contributed by atoms with Crippen molar-refractivity contribution >= 4 is 0 Å². The van der Waals surface area contributed by atoms with E-state index in [2.05, 4.69) is 42.9 Å². The fraction of sp³-hybridized carbons (Fsp3) is 0.333. The normalized spacial score (nSPS) is 10.7. The zero-order valence-corrected chi connectivity index (χ0v) is 11.4. The first-order chi connectivity index (χ1) is 8.52. The maximum absolute atomic E-state index is 5.67. The molecule has 3 heteroatoms. The summed E-state index contributed by atoms with van der Waals surface area (Å²) < 4.78 is 0. The third kappa shape index (κ3) is 2.27. The van der Waals surface area contributed by atoms with Crippen LogP contribution >= 0.6 is 0 Å². The quantitative estimate of drug-likeness (QED) is 0.879. The highest BCUT2D eigenvalue weighted by atomic mass is 14.9. The van der Waals surface area contributed by atoms with Crippen molar-refractivity contribution in [1.29, 1.82) is 0 Å². The Hall–Kier alpha value is -1.74. The van der Waals surface area contributed by atoms with E-state index in [4.69, 9.17) is 5.73 Å². The highest BCUT2D eigenvalue weighted by Crippen LogP contribution is 2.26. The second kappa shape index (κ2) is 4.86. The first-order valence-electron chi connectivity index (χ1n) is 6.14. The summed E-state index contributed by atoms with van der Waals surface area (Å²) in [5.74, 6) is 0.769.